The largest absolute Gasteiger partial charge is 0.417 e. The molecule has 2 amide bonds. The van der Waals surface area contributed by atoms with Crippen LogP contribution >= 0.6 is 11.6 Å². The first kappa shape index (κ1) is 22.3. The van der Waals surface area contributed by atoms with E-state index in [2.05, 4.69) is 10.3 Å². The van der Waals surface area contributed by atoms with Gasteiger partial charge in [-0.05, 0) is 24.8 Å². The highest BCUT2D eigenvalue weighted by atomic mass is 35.5. The number of nitrogens with one attached hydrogen (secondary N) is 1. The van der Waals surface area contributed by atoms with Crippen molar-refractivity contribution in [3.63, 3.8) is 0 Å². The number of piperidine rings is 1. The first-order chi connectivity index (χ1) is 13.0. The fourth-order valence-electron chi connectivity index (χ4n) is 3.17. The number of nitrogens with two attached hydrogens (primary N) is 1. The summed E-state index contributed by atoms with van der Waals surface area (Å²) in [6.45, 7) is 4.59. The van der Waals surface area contributed by atoms with E-state index in [4.69, 9.17) is 17.3 Å². The van der Waals surface area contributed by atoms with Crippen LogP contribution < -0.4 is 16.0 Å². The zero-order valence-electron chi connectivity index (χ0n) is 15.7. The molecule has 1 aliphatic rings. The summed E-state index contributed by atoms with van der Waals surface area (Å²) in [7, 11) is 0. The van der Waals surface area contributed by atoms with E-state index in [1.807, 2.05) is 13.8 Å². The molecule has 0 aromatic carbocycles. The van der Waals surface area contributed by atoms with Gasteiger partial charge in [-0.25, -0.2) is 4.98 Å². The number of rotatable bonds is 6. The van der Waals surface area contributed by atoms with Crippen LogP contribution in [0, 0.1) is 11.8 Å². The van der Waals surface area contributed by atoms with Crippen molar-refractivity contribution in [2.75, 3.05) is 18.0 Å². The van der Waals surface area contributed by atoms with Crippen molar-refractivity contribution in [2.45, 2.75) is 45.3 Å². The number of anilines is 1. The lowest BCUT2D eigenvalue weighted by Crippen LogP contribution is -2.51. The fraction of sp³-hybridized carbons (Fsp3) is 0.611. The number of pyridine rings is 1. The zero-order chi connectivity index (χ0) is 21.1. The number of amides is 2. The zero-order valence-corrected chi connectivity index (χ0v) is 16.5. The molecule has 6 nitrogen and oxygen atoms in total. The molecule has 0 spiro atoms. The van der Waals surface area contributed by atoms with Gasteiger partial charge in [-0.15, -0.1) is 0 Å². The summed E-state index contributed by atoms with van der Waals surface area (Å²) >= 11 is 5.99. The number of hydrogen-bond acceptors (Lipinski definition) is 4. The average Bonchev–Trinajstić information content (AvgIpc) is 2.64. The second kappa shape index (κ2) is 8.98. The number of alkyl halides is 3. The molecule has 2 atom stereocenters. The van der Waals surface area contributed by atoms with Gasteiger partial charge in [0, 0.05) is 25.2 Å². The van der Waals surface area contributed by atoms with Crippen LogP contribution in [0.2, 0.25) is 5.02 Å². The van der Waals surface area contributed by atoms with Crippen molar-refractivity contribution in [1.82, 2.24) is 10.3 Å². The van der Waals surface area contributed by atoms with E-state index in [0.29, 0.717) is 32.4 Å². The third kappa shape index (κ3) is 5.27. The quantitative estimate of drug-likeness (QED) is 0.740. The number of primary amides is 1. The average molecular weight is 421 g/mol. The van der Waals surface area contributed by atoms with E-state index in [1.165, 1.54) is 0 Å². The molecule has 28 heavy (non-hydrogen) atoms. The topological polar surface area (TPSA) is 88.3 Å². The normalized spacial score (nSPS) is 17.9. The van der Waals surface area contributed by atoms with Gasteiger partial charge in [-0.2, -0.15) is 13.2 Å². The molecule has 10 heteroatoms. The van der Waals surface area contributed by atoms with Gasteiger partial charge in [-0.3, -0.25) is 9.59 Å². The van der Waals surface area contributed by atoms with Gasteiger partial charge >= 0.3 is 6.18 Å². The Labute approximate surface area is 166 Å². The summed E-state index contributed by atoms with van der Waals surface area (Å²) in [4.78, 5) is 29.7. The smallest absolute Gasteiger partial charge is 0.368 e. The van der Waals surface area contributed by atoms with Gasteiger partial charge in [0.2, 0.25) is 11.8 Å². The van der Waals surface area contributed by atoms with Gasteiger partial charge in [0.15, 0.2) is 0 Å². The summed E-state index contributed by atoms with van der Waals surface area (Å²) in [6, 6.07) is 0.133. The van der Waals surface area contributed by atoms with Crippen molar-refractivity contribution < 1.29 is 22.8 Å². The lowest BCUT2D eigenvalue weighted by atomic mass is 9.93. The summed E-state index contributed by atoms with van der Waals surface area (Å²) in [5, 5.41) is 2.65. The highest BCUT2D eigenvalue weighted by molar-refractivity contribution is 6.33. The minimum Gasteiger partial charge on any atom is -0.368 e. The molecule has 1 fully saturated rings. The summed E-state index contributed by atoms with van der Waals surface area (Å²) in [6.07, 6.45) is -2.12. The van der Waals surface area contributed by atoms with Crippen molar-refractivity contribution in [2.24, 2.45) is 17.6 Å². The number of nitrogens with zero attached hydrogens (tertiary/aromatic N) is 2. The molecule has 1 aromatic rings. The number of carbonyl (C=O) groups is 2. The molecule has 0 aliphatic carbocycles. The van der Waals surface area contributed by atoms with Crippen LogP contribution in [0.15, 0.2) is 12.3 Å². The van der Waals surface area contributed by atoms with E-state index >= 15 is 0 Å². The van der Waals surface area contributed by atoms with Gasteiger partial charge in [0.1, 0.15) is 11.9 Å². The maximum absolute atomic E-state index is 12.7. The lowest BCUT2D eigenvalue weighted by Gasteiger charge is -2.33. The van der Waals surface area contributed by atoms with Crippen LogP contribution in [0.4, 0.5) is 19.0 Å². The summed E-state index contributed by atoms with van der Waals surface area (Å²) in [5.74, 6) is -0.925. The second-order valence-electron chi connectivity index (χ2n) is 7.06. The third-order valence-electron chi connectivity index (χ3n) is 5.13. The molecule has 156 valence electrons. The summed E-state index contributed by atoms with van der Waals surface area (Å²) < 4.78 is 38.2. The number of halogens is 4. The second-order valence-corrected chi connectivity index (χ2v) is 7.47. The van der Waals surface area contributed by atoms with Crippen LogP contribution in [0.5, 0.6) is 0 Å². The van der Waals surface area contributed by atoms with Crippen molar-refractivity contribution in [3.05, 3.63) is 22.8 Å². The van der Waals surface area contributed by atoms with Crippen LogP contribution in [0.3, 0.4) is 0 Å². The van der Waals surface area contributed by atoms with Crippen LogP contribution in [0.25, 0.3) is 0 Å². The number of carbonyl (C=O) groups excluding carboxylic acids is 2. The first-order valence-corrected chi connectivity index (χ1v) is 9.49. The van der Waals surface area contributed by atoms with Gasteiger partial charge in [0.05, 0.1) is 10.6 Å². The molecule has 2 rings (SSSR count). The Bertz CT molecular complexity index is 721. The van der Waals surface area contributed by atoms with Gasteiger partial charge < -0.3 is 16.0 Å². The highest BCUT2D eigenvalue weighted by Gasteiger charge is 2.33. The predicted molar refractivity (Wildman–Crippen MR) is 99.8 cm³/mol. The van der Waals surface area contributed by atoms with Crippen LogP contribution in [-0.2, 0) is 15.8 Å². The van der Waals surface area contributed by atoms with Crippen LogP contribution in [-0.4, -0.2) is 35.9 Å². The van der Waals surface area contributed by atoms with Gasteiger partial charge in [0.25, 0.3) is 0 Å². The molecule has 3 N–H and O–H groups in total. The predicted octanol–water partition coefficient (Wildman–Crippen LogP) is 2.99. The maximum atomic E-state index is 12.7. The van der Waals surface area contributed by atoms with Gasteiger partial charge in [-0.1, -0.05) is 31.9 Å². The van der Waals surface area contributed by atoms with E-state index in [1.54, 1.807) is 4.90 Å². The maximum Gasteiger partial charge on any atom is 0.417 e. The third-order valence-corrected chi connectivity index (χ3v) is 5.41. The standard InChI is InChI=1S/C18H24ClF3N4O2/c1-3-10(2)14(15(23)27)25-17(28)11-4-6-26(7-5-11)16-13(19)8-12(9-24-16)18(20,21)22/h8-11,14H,3-7H2,1-2H3,(H2,23,27)(H,25,28). The molecule has 0 saturated carbocycles. The molecule has 1 aliphatic heterocycles. The Morgan fingerprint density at radius 2 is 2.00 bits per heavy atom. The molecular weight excluding hydrogens is 397 g/mol. The SMILES string of the molecule is CCC(C)C(NC(=O)C1CCN(c2ncc(C(F)(F)F)cc2Cl)CC1)C(N)=O. The Morgan fingerprint density at radius 1 is 1.39 bits per heavy atom. The molecule has 0 radical (unpaired) electrons. The van der Waals surface area contributed by atoms with Crippen LogP contribution in [0.1, 0.15) is 38.7 Å². The Kier molecular flexibility index (Phi) is 7.14. The number of aromatic nitrogens is 1. The van der Waals surface area contributed by atoms with Crippen molar-refractivity contribution in [3.8, 4) is 0 Å². The summed E-state index contributed by atoms with van der Waals surface area (Å²) in [5.41, 5.74) is 4.48. The van der Waals surface area contributed by atoms with Crippen molar-refractivity contribution >= 4 is 29.2 Å². The van der Waals surface area contributed by atoms with E-state index < -0.39 is 23.7 Å². The molecule has 2 heterocycles. The minimum atomic E-state index is -4.51. The monoisotopic (exact) mass is 420 g/mol. The van der Waals surface area contributed by atoms with E-state index in [9.17, 15) is 22.8 Å². The first-order valence-electron chi connectivity index (χ1n) is 9.12. The number of hydrogen-bond donors (Lipinski definition) is 2. The molecule has 1 saturated heterocycles. The molecular formula is C18H24ClF3N4O2. The Hall–Kier alpha value is -2.03. The Balaban J connectivity index is 1.99. The van der Waals surface area contributed by atoms with Crippen molar-refractivity contribution in [1.29, 1.82) is 0 Å². The fourth-order valence-corrected chi connectivity index (χ4v) is 3.46. The lowest BCUT2D eigenvalue weighted by molar-refractivity contribution is -0.137. The van der Waals surface area contributed by atoms with E-state index in [-0.39, 0.29) is 28.6 Å². The Morgan fingerprint density at radius 3 is 2.46 bits per heavy atom. The molecule has 2 unspecified atom stereocenters. The molecule has 1 aromatic heterocycles. The highest BCUT2D eigenvalue weighted by Crippen LogP contribution is 2.34. The van der Waals surface area contributed by atoms with E-state index in [0.717, 1.165) is 12.3 Å². The minimum absolute atomic E-state index is 0.0725. The molecule has 0 bridgehead atoms.